The standard InChI is InChI=1S/C15H12F3N3O4/c1-9-3-5-10(6-4-9)19(2)14-12(15(16,17)18)7-11(20(22)23)8-13(14)21(24)25/h3-8H,1-2H3. The van der Waals surface area contributed by atoms with Gasteiger partial charge in [0.15, 0.2) is 0 Å². The normalized spacial score (nSPS) is 11.2. The van der Waals surface area contributed by atoms with Crippen molar-refractivity contribution in [2.24, 2.45) is 0 Å². The molecule has 7 nitrogen and oxygen atoms in total. The minimum Gasteiger partial charge on any atom is -0.339 e. The van der Waals surface area contributed by atoms with Crippen LogP contribution in [0.1, 0.15) is 11.1 Å². The number of non-ortho nitro benzene ring substituents is 1. The fourth-order valence-corrected chi connectivity index (χ4v) is 2.31. The Kier molecular flexibility index (Phi) is 4.64. The molecular weight excluding hydrogens is 343 g/mol. The van der Waals surface area contributed by atoms with E-state index < -0.39 is 38.6 Å². The molecule has 0 aliphatic rings. The zero-order valence-electron chi connectivity index (χ0n) is 13.1. The van der Waals surface area contributed by atoms with E-state index in [0.717, 1.165) is 10.5 Å². The summed E-state index contributed by atoms with van der Waals surface area (Å²) in [5.41, 5.74) is -3.08. The highest BCUT2D eigenvalue weighted by molar-refractivity contribution is 5.78. The summed E-state index contributed by atoms with van der Waals surface area (Å²) in [7, 11) is 1.23. The van der Waals surface area contributed by atoms with Gasteiger partial charge in [0.1, 0.15) is 5.69 Å². The third kappa shape index (κ3) is 3.67. The van der Waals surface area contributed by atoms with Gasteiger partial charge in [-0.15, -0.1) is 0 Å². The lowest BCUT2D eigenvalue weighted by atomic mass is 10.1. The van der Waals surface area contributed by atoms with Gasteiger partial charge >= 0.3 is 6.18 Å². The Hall–Kier alpha value is -3.17. The highest BCUT2D eigenvalue weighted by Crippen LogP contribution is 2.45. The lowest BCUT2D eigenvalue weighted by molar-refractivity contribution is -0.394. The van der Waals surface area contributed by atoms with Gasteiger partial charge in [-0.2, -0.15) is 13.2 Å². The fraction of sp³-hybridized carbons (Fsp3) is 0.200. The molecule has 10 heteroatoms. The smallest absolute Gasteiger partial charge is 0.339 e. The molecule has 0 bridgehead atoms. The molecule has 0 N–H and O–H groups in total. The van der Waals surface area contributed by atoms with Crippen LogP contribution in [-0.2, 0) is 6.18 Å². The van der Waals surface area contributed by atoms with Gasteiger partial charge in [-0.3, -0.25) is 20.2 Å². The second kappa shape index (κ2) is 6.38. The Balaban J connectivity index is 2.79. The summed E-state index contributed by atoms with van der Waals surface area (Å²) in [5, 5.41) is 22.1. The zero-order valence-corrected chi connectivity index (χ0v) is 13.1. The maximum Gasteiger partial charge on any atom is 0.418 e. The van der Waals surface area contributed by atoms with E-state index >= 15 is 0 Å². The highest BCUT2D eigenvalue weighted by Gasteiger charge is 2.41. The molecular formula is C15H12F3N3O4. The molecule has 0 aromatic heterocycles. The van der Waals surface area contributed by atoms with E-state index in [2.05, 4.69) is 0 Å². The van der Waals surface area contributed by atoms with Gasteiger partial charge in [0.05, 0.1) is 21.5 Å². The van der Waals surface area contributed by atoms with E-state index in [4.69, 9.17) is 0 Å². The first-order chi connectivity index (χ1) is 11.5. The van der Waals surface area contributed by atoms with Crippen LogP contribution in [0.2, 0.25) is 0 Å². The van der Waals surface area contributed by atoms with Gasteiger partial charge in [-0.1, -0.05) is 17.7 Å². The van der Waals surface area contributed by atoms with Crippen LogP contribution < -0.4 is 4.90 Å². The number of hydrogen-bond donors (Lipinski definition) is 0. The van der Waals surface area contributed by atoms with Crippen molar-refractivity contribution in [3.05, 3.63) is 67.8 Å². The Labute approximate surface area is 139 Å². The van der Waals surface area contributed by atoms with Crippen molar-refractivity contribution >= 4 is 22.7 Å². The van der Waals surface area contributed by atoms with E-state index in [1.807, 2.05) is 0 Å². The van der Waals surface area contributed by atoms with Crippen molar-refractivity contribution < 1.29 is 23.0 Å². The maximum absolute atomic E-state index is 13.4. The van der Waals surface area contributed by atoms with E-state index in [1.54, 1.807) is 19.1 Å². The molecule has 0 fully saturated rings. The molecule has 0 aliphatic carbocycles. The van der Waals surface area contributed by atoms with Crippen LogP contribution >= 0.6 is 0 Å². The van der Waals surface area contributed by atoms with Crippen molar-refractivity contribution in [1.29, 1.82) is 0 Å². The van der Waals surface area contributed by atoms with Crippen LogP contribution in [-0.4, -0.2) is 16.9 Å². The number of nitro groups is 2. The highest BCUT2D eigenvalue weighted by atomic mass is 19.4. The van der Waals surface area contributed by atoms with Crippen molar-refractivity contribution in [2.75, 3.05) is 11.9 Å². The summed E-state index contributed by atoms with van der Waals surface area (Å²) >= 11 is 0. The number of nitrogens with zero attached hydrogens (tertiary/aromatic N) is 3. The molecule has 0 radical (unpaired) electrons. The lowest BCUT2D eigenvalue weighted by Gasteiger charge is -2.23. The van der Waals surface area contributed by atoms with Gasteiger partial charge in [-0.05, 0) is 19.1 Å². The molecule has 0 saturated heterocycles. The largest absolute Gasteiger partial charge is 0.418 e. The monoisotopic (exact) mass is 355 g/mol. The van der Waals surface area contributed by atoms with E-state index in [0.29, 0.717) is 12.1 Å². The van der Waals surface area contributed by atoms with Crippen molar-refractivity contribution in [3.8, 4) is 0 Å². The van der Waals surface area contributed by atoms with Gasteiger partial charge in [-0.25, -0.2) is 0 Å². The number of rotatable bonds is 4. The van der Waals surface area contributed by atoms with Gasteiger partial charge < -0.3 is 4.90 Å². The second-order valence-corrected chi connectivity index (χ2v) is 5.27. The molecule has 132 valence electrons. The first kappa shape index (κ1) is 18.2. The van der Waals surface area contributed by atoms with Crippen molar-refractivity contribution in [2.45, 2.75) is 13.1 Å². The molecule has 0 unspecified atom stereocenters. The number of benzene rings is 2. The minimum atomic E-state index is -5.01. The number of alkyl halides is 3. The number of hydrogen-bond acceptors (Lipinski definition) is 5. The zero-order chi connectivity index (χ0) is 18.9. The van der Waals surface area contributed by atoms with E-state index in [9.17, 15) is 33.4 Å². The topological polar surface area (TPSA) is 89.5 Å². The van der Waals surface area contributed by atoms with Crippen LogP contribution in [0.5, 0.6) is 0 Å². The predicted octanol–water partition coefficient (Wildman–Crippen LogP) is 4.60. The van der Waals surface area contributed by atoms with Crippen LogP contribution in [0.4, 0.5) is 35.9 Å². The lowest BCUT2D eigenvalue weighted by Crippen LogP contribution is -2.18. The Morgan fingerprint density at radius 1 is 1.00 bits per heavy atom. The van der Waals surface area contributed by atoms with Gasteiger partial charge in [0.25, 0.3) is 11.4 Å². The van der Waals surface area contributed by atoms with Crippen molar-refractivity contribution in [3.63, 3.8) is 0 Å². The molecule has 2 aromatic rings. The molecule has 0 aliphatic heterocycles. The summed E-state index contributed by atoms with van der Waals surface area (Å²) in [6, 6.07) is 7.09. The van der Waals surface area contributed by atoms with Gasteiger partial charge in [0, 0.05) is 18.8 Å². The first-order valence-electron chi connectivity index (χ1n) is 6.86. The fourth-order valence-electron chi connectivity index (χ4n) is 2.31. The molecule has 2 aromatic carbocycles. The molecule has 25 heavy (non-hydrogen) atoms. The van der Waals surface area contributed by atoms with Gasteiger partial charge in [0.2, 0.25) is 0 Å². The summed E-state index contributed by atoms with van der Waals surface area (Å²) in [4.78, 5) is 20.9. The number of aryl methyl sites for hydroxylation is 1. The molecule has 0 amide bonds. The van der Waals surface area contributed by atoms with Crippen LogP contribution in [0.3, 0.4) is 0 Å². The summed E-state index contributed by atoms with van der Waals surface area (Å²) in [5.74, 6) is 0. The average molecular weight is 355 g/mol. The molecule has 0 saturated carbocycles. The minimum absolute atomic E-state index is 0.271. The van der Waals surface area contributed by atoms with E-state index in [-0.39, 0.29) is 5.69 Å². The number of anilines is 2. The third-order valence-corrected chi connectivity index (χ3v) is 3.54. The molecule has 0 atom stereocenters. The van der Waals surface area contributed by atoms with Crippen LogP contribution in [0, 0.1) is 27.2 Å². The second-order valence-electron chi connectivity index (χ2n) is 5.27. The SMILES string of the molecule is Cc1ccc(N(C)c2c([N+](=O)[O-])cc([N+](=O)[O-])cc2C(F)(F)F)cc1. The quantitative estimate of drug-likeness (QED) is 0.591. The predicted molar refractivity (Wildman–Crippen MR) is 84.0 cm³/mol. The van der Waals surface area contributed by atoms with Crippen LogP contribution in [0.25, 0.3) is 0 Å². The van der Waals surface area contributed by atoms with E-state index in [1.165, 1.54) is 19.2 Å². The molecule has 0 heterocycles. The number of halogens is 3. The maximum atomic E-state index is 13.4. The Morgan fingerprint density at radius 3 is 2.00 bits per heavy atom. The summed E-state index contributed by atoms with van der Waals surface area (Å²) in [6.07, 6.45) is -5.01. The molecule has 0 spiro atoms. The van der Waals surface area contributed by atoms with Crippen LogP contribution in [0.15, 0.2) is 36.4 Å². The Bertz CT molecular complexity index is 835. The Morgan fingerprint density at radius 2 is 1.56 bits per heavy atom. The third-order valence-electron chi connectivity index (χ3n) is 3.54. The summed E-state index contributed by atoms with van der Waals surface area (Å²) < 4.78 is 40.2. The summed E-state index contributed by atoms with van der Waals surface area (Å²) in [6.45, 7) is 1.78. The average Bonchev–Trinajstić information content (AvgIpc) is 2.52. The molecule has 2 rings (SSSR count). The first-order valence-corrected chi connectivity index (χ1v) is 6.86. The number of nitro benzene ring substituents is 2. The van der Waals surface area contributed by atoms with Crippen molar-refractivity contribution in [1.82, 2.24) is 0 Å².